The van der Waals surface area contributed by atoms with Crippen LogP contribution in [0.1, 0.15) is 59.7 Å². The molecule has 8 nitrogen and oxygen atoms in total. The fourth-order valence-corrected chi connectivity index (χ4v) is 5.78. The van der Waals surface area contributed by atoms with E-state index in [-0.39, 0.29) is 17.9 Å². The van der Waals surface area contributed by atoms with Gasteiger partial charge in [0.25, 0.3) is 6.43 Å². The number of aryl methyl sites for hydroxylation is 1. The van der Waals surface area contributed by atoms with E-state index >= 15 is 0 Å². The van der Waals surface area contributed by atoms with Gasteiger partial charge in [0, 0.05) is 54.6 Å². The minimum atomic E-state index is -2.83. The first-order valence-electron chi connectivity index (χ1n) is 11.5. The van der Waals surface area contributed by atoms with E-state index in [1.54, 1.807) is 28.4 Å². The number of benzene rings is 1. The van der Waals surface area contributed by atoms with Crippen molar-refractivity contribution in [3.63, 3.8) is 0 Å². The Labute approximate surface area is 214 Å². The normalized spacial score (nSPS) is 18.5. The first-order valence-corrected chi connectivity index (χ1v) is 12.7. The number of hydrogen-bond acceptors (Lipinski definition) is 6. The van der Waals surface area contributed by atoms with Crippen LogP contribution in [0.15, 0.2) is 39.7 Å². The summed E-state index contributed by atoms with van der Waals surface area (Å²) in [7, 11) is 1.39. The van der Waals surface area contributed by atoms with Crippen molar-refractivity contribution in [3.8, 4) is 0 Å². The highest BCUT2D eigenvalue weighted by Crippen LogP contribution is 2.35. The Hall–Kier alpha value is -3.05. The standard InChI is InChI=1S/C24H23ClF2N5O3S/c1-30-11-19(22(26)27)32(24(30)34)12-21(33)31-8-6-14(7-9-31)23-28-18(13-36-23)17-10-20(35-29-17)15-4-2-3-5-16(15)25/h2-3,5,11,13-14,20,22H,6-10,12H2,1H3. The molecular formula is C24H23ClF2N5O3S. The predicted molar refractivity (Wildman–Crippen MR) is 131 cm³/mol. The molecule has 0 spiro atoms. The first kappa shape index (κ1) is 24.6. The summed E-state index contributed by atoms with van der Waals surface area (Å²) >= 11 is 7.81. The van der Waals surface area contributed by atoms with Crippen LogP contribution in [0.5, 0.6) is 0 Å². The third-order valence-corrected chi connectivity index (χ3v) is 7.86. The van der Waals surface area contributed by atoms with Crippen molar-refractivity contribution in [2.24, 2.45) is 12.2 Å². The van der Waals surface area contributed by atoms with Crippen molar-refractivity contribution in [2.75, 3.05) is 13.1 Å². The largest absolute Gasteiger partial charge is 0.387 e. The Morgan fingerprint density at radius 3 is 2.86 bits per heavy atom. The fourth-order valence-electron chi connectivity index (χ4n) is 4.54. The molecule has 4 heterocycles. The Bertz CT molecular complexity index is 1360. The van der Waals surface area contributed by atoms with E-state index in [4.69, 9.17) is 21.4 Å². The minimum absolute atomic E-state index is 0.180. The molecule has 0 aliphatic carbocycles. The summed E-state index contributed by atoms with van der Waals surface area (Å²) in [4.78, 5) is 36.9. The lowest BCUT2D eigenvalue weighted by Crippen LogP contribution is -2.41. The van der Waals surface area contributed by atoms with Crippen molar-refractivity contribution in [2.45, 2.75) is 44.3 Å². The second-order valence-corrected chi connectivity index (χ2v) is 10.1. The Morgan fingerprint density at radius 2 is 2.14 bits per heavy atom. The highest BCUT2D eigenvalue weighted by Gasteiger charge is 2.30. The fraction of sp³-hybridized carbons (Fsp3) is 0.417. The molecule has 5 rings (SSSR count). The number of likely N-dealkylation sites (tertiary alicyclic amines) is 1. The van der Waals surface area contributed by atoms with Crippen LogP contribution in [-0.2, 0) is 23.2 Å². The van der Waals surface area contributed by atoms with E-state index in [1.165, 1.54) is 7.05 Å². The van der Waals surface area contributed by atoms with Gasteiger partial charge in [0.15, 0.2) is 6.10 Å². The number of imidazole rings is 1. The quantitative estimate of drug-likeness (QED) is 0.472. The molecule has 2 aliphatic heterocycles. The van der Waals surface area contributed by atoms with Gasteiger partial charge in [0.1, 0.15) is 18.0 Å². The Balaban J connectivity index is 1.18. The van der Waals surface area contributed by atoms with Gasteiger partial charge in [-0.05, 0) is 25.0 Å². The number of piperidine rings is 1. The van der Waals surface area contributed by atoms with E-state index in [2.05, 4.69) is 11.2 Å². The van der Waals surface area contributed by atoms with Crippen molar-refractivity contribution < 1.29 is 18.4 Å². The number of nitrogens with zero attached hydrogens (tertiary/aromatic N) is 5. The molecule has 1 fully saturated rings. The van der Waals surface area contributed by atoms with E-state index in [0.717, 1.165) is 37.3 Å². The summed E-state index contributed by atoms with van der Waals surface area (Å²) in [6, 6.07) is 8.51. The van der Waals surface area contributed by atoms with Crippen LogP contribution >= 0.6 is 22.9 Å². The highest BCUT2D eigenvalue weighted by atomic mass is 35.5. The number of halogens is 3. The molecule has 3 aromatic rings. The van der Waals surface area contributed by atoms with E-state index in [1.807, 2.05) is 11.4 Å². The lowest BCUT2D eigenvalue weighted by atomic mass is 9.97. The van der Waals surface area contributed by atoms with Crippen LogP contribution in [0, 0.1) is 6.07 Å². The summed E-state index contributed by atoms with van der Waals surface area (Å²) in [5.41, 5.74) is 1.22. The summed E-state index contributed by atoms with van der Waals surface area (Å²) in [5.74, 6) is -0.164. The second-order valence-electron chi connectivity index (χ2n) is 8.83. The number of oxime groups is 1. The summed E-state index contributed by atoms with van der Waals surface area (Å²) < 4.78 is 28.4. The van der Waals surface area contributed by atoms with Gasteiger partial charge in [-0.25, -0.2) is 18.6 Å². The number of thiazole rings is 1. The molecule has 1 atom stereocenters. The van der Waals surface area contributed by atoms with Gasteiger partial charge in [-0.2, -0.15) is 0 Å². The van der Waals surface area contributed by atoms with Crippen molar-refractivity contribution in [1.29, 1.82) is 0 Å². The number of hydrogen-bond donors (Lipinski definition) is 0. The van der Waals surface area contributed by atoms with Gasteiger partial charge in [-0.3, -0.25) is 9.36 Å². The molecule has 1 saturated heterocycles. The lowest BCUT2D eigenvalue weighted by Gasteiger charge is -2.31. The minimum Gasteiger partial charge on any atom is -0.387 e. The average Bonchev–Trinajstić information content (AvgIpc) is 3.61. The Kier molecular flexibility index (Phi) is 6.94. The van der Waals surface area contributed by atoms with Crippen LogP contribution < -0.4 is 5.69 Å². The topological polar surface area (TPSA) is 81.7 Å². The van der Waals surface area contributed by atoms with E-state index in [9.17, 15) is 18.4 Å². The van der Waals surface area contributed by atoms with E-state index in [0.29, 0.717) is 37.4 Å². The van der Waals surface area contributed by atoms with E-state index < -0.39 is 24.4 Å². The number of rotatable bonds is 6. The number of alkyl halides is 2. The predicted octanol–water partition coefficient (Wildman–Crippen LogP) is 4.31. The third-order valence-electron chi connectivity index (χ3n) is 6.53. The molecule has 12 heteroatoms. The van der Waals surface area contributed by atoms with Crippen LogP contribution in [0.3, 0.4) is 0 Å². The number of carbonyl (C=O) groups is 1. The Morgan fingerprint density at radius 1 is 1.36 bits per heavy atom. The maximum absolute atomic E-state index is 13.3. The van der Waals surface area contributed by atoms with Gasteiger partial charge < -0.3 is 14.3 Å². The smallest absolute Gasteiger partial charge is 0.328 e. The van der Waals surface area contributed by atoms with Crippen LogP contribution in [0.2, 0.25) is 5.02 Å². The molecule has 36 heavy (non-hydrogen) atoms. The summed E-state index contributed by atoms with van der Waals surface area (Å²) in [6.45, 7) is 0.548. The van der Waals surface area contributed by atoms with Crippen molar-refractivity contribution in [1.82, 2.24) is 19.0 Å². The zero-order chi connectivity index (χ0) is 25.4. The monoisotopic (exact) mass is 534 g/mol. The highest BCUT2D eigenvalue weighted by molar-refractivity contribution is 7.10. The number of carbonyl (C=O) groups excluding carboxylic acids is 1. The van der Waals surface area contributed by atoms with Gasteiger partial charge >= 0.3 is 5.69 Å². The molecule has 1 radical (unpaired) electrons. The van der Waals surface area contributed by atoms with Crippen LogP contribution in [0.25, 0.3) is 0 Å². The molecule has 1 unspecified atom stereocenters. The van der Waals surface area contributed by atoms with Gasteiger partial charge in [0.05, 0.1) is 10.7 Å². The zero-order valence-corrected chi connectivity index (χ0v) is 20.9. The molecule has 0 bridgehead atoms. The third kappa shape index (κ3) is 4.81. The number of aromatic nitrogens is 3. The van der Waals surface area contributed by atoms with Crippen molar-refractivity contribution in [3.05, 3.63) is 73.3 Å². The first-order chi connectivity index (χ1) is 17.3. The molecule has 0 N–H and O–H groups in total. The molecule has 1 aromatic carbocycles. The molecule has 2 aromatic heterocycles. The molecule has 2 aliphatic rings. The van der Waals surface area contributed by atoms with Crippen molar-refractivity contribution >= 4 is 34.6 Å². The molecule has 1 amide bonds. The number of amides is 1. The SMILES string of the molecule is Cn1cc(C(F)F)n(CC(=O)N2CCC(c3nc(C4=NOC(c5[c]cccc5Cl)C4)cs3)CC2)c1=O. The lowest BCUT2D eigenvalue weighted by molar-refractivity contribution is -0.133. The molecular weight excluding hydrogens is 512 g/mol. The van der Waals surface area contributed by atoms with Gasteiger partial charge in [-0.15, -0.1) is 11.3 Å². The second kappa shape index (κ2) is 10.1. The van der Waals surface area contributed by atoms with Gasteiger partial charge in [0.2, 0.25) is 5.91 Å². The molecule has 0 saturated carbocycles. The average molecular weight is 535 g/mol. The van der Waals surface area contributed by atoms with Crippen LogP contribution in [0.4, 0.5) is 8.78 Å². The zero-order valence-electron chi connectivity index (χ0n) is 19.4. The maximum atomic E-state index is 13.3. The van der Waals surface area contributed by atoms with Crippen LogP contribution in [-0.4, -0.2) is 43.7 Å². The summed E-state index contributed by atoms with van der Waals surface area (Å²) in [5, 5.41) is 7.72. The maximum Gasteiger partial charge on any atom is 0.328 e. The van der Waals surface area contributed by atoms with Gasteiger partial charge in [-0.1, -0.05) is 28.9 Å². The summed E-state index contributed by atoms with van der Waals surface area (Å²) in [6.07, 6.45) is -0.105. The molecule has 189 valence electrons.